The Morgan fingerprint density at radius 2 is 1.90 bits per heavy atom. The van der Waals surface area contributed by atoms with Crippen LogP contribution in [-0.2, 0) is 4.74 Å². The SMILES string of the molecule is CCOC1(C(NC)c2ccc(C)c(F)c2F)CCCC1. The zero-order chi connectivity index (χ0) is 14.8. The molecule has 0 amide bonds. The minimum absolute atomic E-state index is 0.319. The molecule has 0 bridgehead atoms. The largest absolute Gasteiger partial charge is 0.373 e. The number of likely N-dealkylation sites (N-methyl/N-ethyl adjacent to an activating group) is 1. The first-order chi connectivity index (χ1) is 9.55. The van der Waals surface area contributed by atoms with Gasteiger partial charge in [-0.25, -0.2) is 8.78 Å². The lowest BCUT2D eigenvalue weighted by molar-refractivity contribution is -0.0618. The van der Waals surface area contributed by atoms with Crippen molar-refractivity contribution in [1.82, 2.24) is 5.32 Å². The minimum Gasteiger partial charge on any atom is -0.373 e. The normalized spacial score (nSPS) is 19.2. The molecular weight excluding hydrogens is 260 g/mol. The summed E-state index contributed by atoms with van der Waals surface area (Å²) in [6.07, 6.45) is 3.88. The molecule has 1 atom stereocenters. The highest BCUT2D eigenvalue weighted by Gasteiger charge is 2.43. The standard InChI is InChI=1S/C16H23F2NO/c1-4-20-16(9-5-6-10-16)15(19-3)12-8-7-11(2)13(17)14(12)18/h7-8,15,19H,4-6,9-10H2,1-3H3. The number of halogens is 2. The maximum atomic E-state index is 14.3. The van der Waals surface area contributed by atoms with E-state index in [9.17, 15) is 8.78 Å². The van der Waals surface area contributed by atoms with Crippen LogP contribution >= 0.6 is 0 Å². The summed E-state index contributed by atoms with van der Waals surface area (Å²) in [6, 6.07) is 2.99. The van der Waals surface area contributed by atoms with Gasteiger partial charge in [0.1, 0.15) is 0 Å². The lowest BCUT2D eigenvalue weighted by Gasteiger charge is -2.37. The van der Waals surface area contributed by atoms with Crippen LogP contribution in [0.3, 0.4) is 0 Å². The molecule has 0 heterocycles. The van der Waals surface area contributed by atoms with Crippen molar-refractivity contribution >= 4 is 0 Å². The van der Waals surface area contributed by atoms with Crippen LogP contribution in [0.15, 0.2) is 12.1 Å². The number of aryl methyl sites for hydroxylation is 1. The molecule has 0 aliphatic heterocycles. The molecule has 1 fully saturated rings. The molecule has 0 saturated heterocycles. The Labute approximate surface area is 119 Å². The van der Waals surface area contributed by atoms with Gasteiger partial charge in [-0.15, -0.1) is 0 Å². The molecular formula is C16H23F2NO. The fourth-order valence-corrected chi connectivity index (χ4v) is 3.36. The van der Waals surface area contributed by atoms with Gasteiger partial charge in [-0.05, 0) is 39.3 Å². The number of nitrogens with one attached hydrogen (secondary N) is 1. The topological polar surface area (TPSA) is 21.3 Å². The summed E-state index contributed by atoms with van der Waals surface area (Å²) >= 11 is 0. The van der Waals surface area contributed by atoms with Crippen molar-refractivity contribution in [2.24, 2.45) is 0 Å². The second-order valence-corrected chi connectivity index (χ2v) is 5.53. The molecule has 4 heteroatoms. The molecule has 0 radical (unpaired) electrons. The van der Waals surface area contributed by atoms with Crippen LogP contribution in [0.2, 0.25) is 0 Å². The van der Waals surface area contributed by atoms with Crippen LogP contribution < -0.4 is 5.32 Å². The molecule has 20 heavy (non-hydrogen) atoms. The van der Waals surface area contributed by atoms with E-state index in [0.717, 1.165) is 25.7 Å². The van der Waals surface area contributed by atoms with Crippen LogP contribution in [-0.4, -0.2) is 19.3 Å². The molecule has 1 N–H and O–H groups in total. The van der Waals surface area contributed by atoms with Crippen molar-refractivity contribution in [2.45, 2.75) is 51.2 Å². The number of ether oxygens (including phenoxy) is 1. The maximum Gasteiger partial charge on any atom is 0.163 e. The average Bonchev–Trinajstić information content (AvgIpc) is 2.89. The fraction of sp³-hybridized carbons (Fsp3) is 0.625. The first-order valence-corrected chi connectivity index (χ1v) is 7.31. The molecule has 0 spiro atoms. The van der Waals surface area contributed by atoms with Gasteiger partial charge in [-0.2, -0.15) is 0 Å². The highest BCUT2D eigenvalue weighted by atomic mass is 19.2. The average molecular weight is 283 g/mol. The van der Waals surface area contributed by atoms with Crippen LogP contribution in [0.4, 0.5) is 8.78 Å². The summed E-state index contributed by atoms with van der Waals surface area (Å²) in [7, 11) is 1.78. The molecule has 112 valence electrons. The molecule has 2 nitrogen and oxygen atoms in total. The van der Waals surface area contributed by atoms with Crippen molar-refractivity contribution in [3.8, 4) is 0 Å². The summed E-state index contributed by atoms with van der Waals surface area (Å²) in [4.78, 5) is 0. The predicted octanol–water partition coefficient (Wildman–Crippen LogP) is 3.88. The Morgan fingerprint density at radius 1 is 1.25 bits per heavy atom. The maximum absolute atomic E-state index is 14.3. The first-order valence-electron chi connectivity index (χ1n) is 7.31. The number of benzene rings is 1. The van der Waals surface area contributed by atoms with Gasteiger partial charge >= 0.3 is 0 Å². The van der Waals surface area contributed by atoms with E-state index >= 15 is 0 Å². The minimum atomic E-state index is -0.757. The Morgan fingerprint density at radius 3 is 2.45 bits per heavy atom. The molecule has 1 aromatic carbocycles. The number of rotatable bonds is 5. The number of hydrogen-bond acceptors (Lipinski definition) is 2. The van der Waals surface area contributed by atoms with Gasteiger partial charge in [-0.1, -0.05) is 25.0 Å². The molecule has 1 aliphatic carbocycles. The zero-order valence-electron chi connectivity index (χ0n) is 12.4. The van der Waals surface area contributed by atoms with E-state index in [4.69, 9.17) is 4.74 Å². The van der Waals surface area contributed by atoms with Gasteiger partial charge in [0.15, 0.2) is 11.6 Å². The van der Waals surface area contributed by atoms with Crippen molar-refractivity contribution in [3.05, 3.63) is 34.9 Å². The van der Waals surface area contributed by atoms with E-state index in [2.05, 4.69) is 5.32 Å². The molecule has 1 unspecified atom stereocenters. The molecule has 1 saturated carbocycles. The lowest BCUT2D eigenvalue weighted by Crippen LogP contribution is -2.43. The summed E-state index contributed by atoms with van der Waals surface area (Å²) in [5.74, 6) is -1.51. The van der Waals surface area contributed by atoms with Gasteiger partial charge < -0.3 is 10.1 Å². The third-order valence-electron chi connectivity index (χ3n) is 4.31. The summed E-state index contributed by atoms with van der Waals surface area (Å²) in [6.45, 7) is 4.09. The van der Waals surface area contributed by atoms with Crippen molar-refractivity contribution in [1.29, 1.82) is 0 Å². The van der Waals surface area contributed by atoms with E-state index in [0.29, 0.717) is 17.7 Å². The predicted molar refractivity (Wildman–Crippen MR) is 75.7 cm³/mol. The molecule has 1 aliphatic rings. The van der Waals surface area contributed by atoms with Crippen LogP contribution in [0, 0.1) is 18.6 Å². The van der Waals surface area contributed by atoms with Gasteiger partial charge in [0, 0.05) is 12.2 Å². The lowest BCUT2D eigenvalue weighted by atomic mass is 9.86. The second kappa shape index (κ2) is 6.19. The summed E-state index contributed by atoms with van der Waals surface area (Å²) < 4.78 is 34.1. The van der Waals surface area contributed by atoms with E-state index in [-0.39, 0.29) is 6.04 Å². The van der Waals surface area contributed by atoms with E-state index in [1.807, 2.05) is 6.92 Å². The molecule has 1 aromatic rings. The Hall–Kier alpha value is -1.00. The van der Waals surface area contributed by atoms with Gasteiger partial charge in [0.2, 0.25) is 0 Å². The van der Waals surface area contributed by atoms with Crippen molar-refractivity contribution in [3.63, 3.8) is 0 Å². The summed E-state index contributed by atoms with van der Waals surface area (Å²) in [5.41, 5.74) is 0.274. The molecule has 0 aromatic heterocycles. The van der Waals surface area contributed by atoms with Gasteiger partial charge in [-0.3, -0.25) is 0 Å². The quantitative estimate of drug-likeness (QED) is 0.885. The van der Waals surface area contributed by atoms with E-state index in [1.165, 1.54) is 0 Å². The van der Waals surface area contributed by atoms with Crippen molar-refractivity contribution in [2.75, 3.05) is 13.7 Å². The highest BCUT2D eigenvalue weighted by molar-refractivity contribution is 5.30. The summed E-state index contributed by atoms with van der Waals surface area (Å²) in [5, 5.41) is 3.14. The van der Waals surface area contributed by atoms with Gasteiger partial charge in [0.25, 0.3) is 0 Å². The van der Waals surface area contributed by atoms with Crippen LogP contribution in [0.25, 0.3) is 0 Å². The van der Waals surface area contributed by atoms with Crippen LogP contribution in [0.1, 0.15) is 49.8 Å². The van der Waals surface area contributed by atoms with E-state index < -0.39 is 17.2 Å². The third-order valence-corrected chi connectivity index (χ3v) is 4.31. The van der Waals surface area contributed by atoms with E-state index in [1.54, 1.807) is 26.1 Å². The second-order valence-electron chi connectivity index (χ2n) is 5.53. The molecule has 2 rings (SSSR count). The highest BCUT2D eigenvalue weighted by Crippen LogP contribution is 2.43. The van der Waals surface area contributed by atoms with Gasteiger partial charge in [0.05, 0.1) is 11.6 Å². The fourth-order valence-electron chi connectivity index (χ4n) is 3.36. The van der Waals surface area contributed by atoms with Crippen molar-refractivity contribution < 1.29 is 13.5 Å². The third kappa shape index (κ3) is 2.59. The Bertz CT molecular complexity index is 470. The monoisotopic (exact) mass is 283 g/mol. The Kier molecular flexibility index (Phi) is 4.76. The Balaban J connectivity index is 2.43. The number of hydrogen-bond donors (Lipinski definition) is 1. The first kappa shape index (κ1) is 15.4. The smallest absolute Gasteiger partial charge is 0.163 e. The van der Waals surface area contributed by atoms with Crippen LogP contribution in [0.5, 0.6) is 0 Å². The zero-order valence-corrected chi connectivity index (χ0v) is 12.4.